The molecule has 5 heterocycles. The van der Waals surface area contributed by atoms with E-state index in [1.54, 1.807) is 47.3 Å². The Morgan fingerprint density at radius 2 is 2.00 bits per heavy atom. The smallest absolute Gasteiger partial charge is 0.260 e. The molecule has 0 spiro atoms. The van der Waals surface area contributed by atoms with Gasteiger partial charge in [0.2, 0.25) is 0 Å². The molecule has 1 amide bonds. The molecule has 6 rings (SSSR count). The highest BCUT2D eigenvalue weighted by atomic mass is 19.1. The van der Waals surface area contributed by atoms with Gasteiger partial charge in [-0.2, -0.15) is 5.26 Å². The fraction of sp³-hybridized carbons (Fsp3) is 0.321. The standard InChI is InChI=1S/C28H26FN7O3/c1-18-13-34(9-10-35(18)27(37)28(38-2)15-39-16-28)25-24-21(20-5-3-4-6-22(20)29)14-36(26(24)33-17-32-25)23-11-19(12-30)7-8-31-23/h3-8,11,14,17-18H,9-10,13,15-16H2,1-2H3. The quantitative estimate of drug-likeness (QED) is 0.390. The maximum atomic E-state index is 15.1. The first-order valence-corrected chi connectivity index (χ1v) is 12.6. The monoisotopic (exact) mass is 527 g/mol. The van der Waals surface area contributed by atoms with Crippen molar-refractivity contribution in [1.29, 1.82) is 5.26 Å². The van der Waals surface area contributed by atoms with E-state index in [2.05, 4.69) is 25.9 Å². The number of aromatic nitrogens is 4. The van der Waals surface area contributed by atoms with Gasteiger partial charge in [0.25, 0.3) is 5.91 Å². The van der Waals surface area contributed by atoms with Gasteiger partial charge in [0.15, 0.2) is 11.2 Å². The lowest BCUT2D eigenvalue weighted by Gasteiger charge is -2.47. The maximum absolute atomic E-state index is 15.1. The number of anilines is 1. The Kier molecular flexibility index (Phi) is 6.21. The molecule has 3 aromatic heterocycles. The van der Waals surface area contributed by atoms with E-state index in [-0.39, 0.29) is 31.0 Å². The number of halogens is 1. The van der Waals surface area contributed by atoms with Gasteiger partial charge in [-0.15, -0.1) is 0 Å². The highest BCUT2D eigenvalue weighted by Crippen LogP contribution is 2.38. The van der Waals surface area contributed by atoms with E-state index in [1.165, 1.54) is 19.5 Å². The largest absolute Gasteiger partial charge is 0.374 e. The Labute approximate surface area is 224 Å². The maximum Gasteiger partial charge on any atom is 0.260 e. The number of piperazine rings is 1. The minimum Gasteiger partial charge on any atom is -0.374 e. The minimum atomic E-state index is -0.918. The van der Waals surface area contributed by atoms with Gasteiger partial charge in [0.05, 0.1) is 30.2 Å². The molecule has 0 saturated carbocycles. The number of hydrogen-bond acceptors (Lipinski definition) is 8. The minimum absolute atomic E-state index is 0.0714. The van der Waals surface area contributed by atoms with Crippen molar-refractivity contribution in [3.8, 4) is 23.0 Å². The van der Waals surface area contributed by atoms with E-state index in [0.29, 0.717) is 59.0 Å². The van der Waals surface area contributed by atoms with Crippen molar-refractivity contribution in [2.24, 2.45) is 0 Å². The summed E-state index contributed by atoms with van der Waals surface area (Å²) >= 11 is 0. The summed E-state index contributed by atoms with van der Waals surface area (Å²) in [6.45, 7) is 4.00. The Bertz CT molecular complexity index is 1600. The normalized spacial score (nSPS) is 18.6. The number of benzene rings is 1. The Morgan fingerprint density at radius 1 is 1.18 bits per heavy atom. The number of carbonyl (C=O) groups is 1. The number of carbonyl (C=O) groups excluding carboxylic acids is 1. The van der Waals surface area contributed by atoms with Crippen LogP contribution in [0.4, 0.5) is 10.2 Å². The molecular formula is C28H26FN7O3. The van der Waals surface area contributed by atoms with Gasteiger partial charge >= 0.3 is 0 Å². The number of amides is 1. The first-order chi connectivity index (χ1) is 19.0. The number of nitriles is 1. The van der Waals surface area contributed by atoms with E-state index in [0.717, 1.165) is 0 Å². The lowest BCUT2D eigenvalue weighted by Crippen LogP contribution is -2.66. The molecule has 10 nitrogen and oxygen atoms in total. The van der Waals surface area contributed by atoms with Crippen LogP contribution in [0, 0.1) is 17.1 Å². The van der Waals surface area contributed by atoms with Gasteiger partial charge in [-0.1, -0.05) is 18.2 Å². The zero-order chi connectivity index (χ0) is 27.1. The molecule has 4 aromatic rings. The van der Waals surface area contributed by atoms with Crippen molar-refractivity contribution in [2.45, 2.75) is 18.6 Å². The first-order valence-electron chi connectivity index (χ1n) is 12.6. The number of ether oxygens (including phenoxy) is 2. The van der Waals surface area contributed by atoms with Crippen LogP contribution in [-0.2, 0) is 14.3 Å². The number of rotatable bonds is 5. The van der Waals surface area contributed by atoms with E-state index in [4.69, 9.17) is 9.47 Å². The van der Waals surface area contributed by atoms with Crippen molar-refractivity contribution in [2.75, 3.05) is 44.9 Å². The van der Waals surface area contributed by atoms with Gasteiger partial charge in [-0.25, -0.2) is 19.3 Å². The van der Waals surface area contributed by atoms with Crippen LogP contribution >= 0.6 is 0 Å². The molecule has 198 valence electrons. The highest BCUT2D eigenvalue weighted by molar-refractivity contribution is 6.02. The SMILES string of the molecule is COC1(C(=O)N2CCN(c3ncnc4c3c(-c3ccccc3F)cn4-c3cc(C#N)ccn3)CC2C)COC1. The van der Waals surface area contributed by atoms with Crippen LogP contribution in [0.15, 0.2) is 55.1 Å². The van der Waals surface area contributed by atoms with Crippen LogP contribution in [0.5, 0.6) is 0 Å². The fourth-order valence-corrected chi connectivity index (χ4v) is 5.29. The summed E-state index contributed by atoms with van der Waals surface area (Å²) in [6.07, 6.45) is 4.82. The molecule has 11 heteroatoms. The Morgan fingerprint density at radius 3 is 2.69 bits per heavy atom. The van der Waals surface area contributed by atoms with E-state index in [9.17, 15) is 10.1 Å². The first kappa shape index (κ1) is 24.9. The van der Waals surface area contributed by atoms with Crippen LogP contribution in [-0.4, -0.2) is 81.9 Å². The van der Waals surface area contributed by atoms with Crippen LogP contribution in [0.1, 0.15) is 12.5 Å². The topological polar surface area (TPSA) is 109 Å². The van der Waals surface area contributed by atoms with E-state index in [1.807, 2.05) is 11.8 Å². The summed E-state index contributed by atoms with van der Waals surface area (Å²) in [7, 11) is 1.54. The summed E-state index contributed by atoms with van der Waals surface area (Å²) in [4.78, 5) is 30.9. The van der Waals surface area contributed by atoms with E-state index >= 15 is 4.39 Å². The average Bonchev–Trinajstić information content (AvgIpc) is 3.32. The number of hydrogen-bond donors (Lipinski definition) is 0. The second kappa shape index (κ2) is 9.72. The second-order valence-electron chi connectivity index (χ2n) is 9.79. The summed E-state index contributed by atoms with van der Waals surface area (Å²) in [5.41, 5.74) is 1.08. The average molecular weight is 528 g/mol. The summed E-state index contributed by atoms with van der Waals surface area (Å²) in [6, 6.07) is 11.8. The van der Waals surface area contributed by atoms with Crippen LogP contribution in [0.25, 0.3) is 28.0 Å². The van der Waals surface area contributed by atoms with Crippen molar-refractivity contribution in [3.63, 3.8) is 0 Å². The molecule has 2 aliphatic rings. The zero-order valence-corrected chi connectivity index (χ0v) is 21.5. The molecule has 2 aliphatic heterocycles. The van der Waals surface area contributed by atoms with Crippen molar-refractivity contribution >= 4 is 22.8 Å². The van der Waals surface area contributed by atoms with Gasteiger partial charge in [0, 0.05) is 56.3 Å². The lowest BCUT2D eigenvalue weighted by molar-refractivity contribution is -0.211. The summed E-state index contributed by atoms with van der Waals surface area (Å²) < 4.78 is 27.7. The van der Waals surface area contributed by atoms with Crippen LogP contribution in [0.2, 0.25) is 0 Å². The summed E-state index contributed by atoms with van der Waals surface area (Å²) in [5.74, 6) is 0.683. The number of nitrogens with zero attached hydrogens (tertiary/aromatic N) is 7. The molecule has 1 unspecified atom stereocenters. The molecule has 0 N–H and O–H groups in total. The van der Waals surface area contributed by atoms with Crippen LogP contribution < -0.4 is 4.90 Å². The van der Waals surface area contributed by atoms with Gasteiger partial charge in [-0.05, 0) is 25.1 Å². The molecular weight excluding hydrogens is 501 g/mol. The predicted molar refractivity (Wildman–Crippen MR) is 141 cm³/mol. The third-order valence-corrected chi connectivity index (χ3v) is 7.49. The molecule has 2 fully saturated rings. The van der Waals surface area contributed by atoms with Crippen molar-refractivity contribution in [1.82, 2.24) is 24.4 Å². The third-order valence-electron chi connectivity index (χ3n) is 7.49. The second-order valence-corrected chi connectivity index (χ2v) is 9.79. The molecule has 0 bridgehead atoms. The van der Waals surface area contributed by atoms with Crippen LogP contribution in [0.3, 0.4) is 0 Å². The van der Waals surface area contributed by atoms with E-state index < -0.39 is 5.60 Å². The Balaban J connectivity index is 1.44. The highest BCUT2D eigenvalue weighted by Gasteiger charge is 2.50. The molecule has 2 saturated heterocycles. The predicted octanol–water partition coefficient (Wildman–Crippen LogP) is 2.95. The molecule has 1 aromatic carbocycles. The number of pyridine rings is 1. The molecule has 0 radical (unpaired) electrons. The molecule has 1 atom stereocenters. The Hall–Kier alpha value is -4.40. The third kappa shape index (κ3) is 4.09. The number of methoxy groups -OCH3 is 1. The fourth-order valence-electron chi connectivity index (χ4n) is 5.29. The molecule has 39 heavy (non-hydrogen) atoms. The molecule has 0 aliphatic carbocycles. The van der Waals surface area contributed by atoms with Crippen molar-refractivity contribution in [3.05, 3.63) is 66.5 Å². The summed E-state index contributed by atoms with van der Waals surface area (Å²) in [5, 5.41) is 10.1. The van der Waals surface area contributed by atoms with Gasteiger partial charge in [0.1, 0.15) is 23.8 Å². The van der Waals surface area contributed by atoms with Crippen molar-refractivity contribution < 1.29 is 18.7 Å². The number of fused-ring (bicyclic) bond motifs is 1. The zero-order valence-electron chi connectivity index (χ0n) is 21.5. The van der Waals surface area contributed by atoms with Gasteiger partial charge in [-0.3, -0.25) is 9.36 Å². The van der Waals surface area contributed by atoms with Gasteiger partial charge < -0.3 is 19.3 Å². The lowest BCUT2D eigenvalue weighted by atomic mass is 9.98.